The van der Waals surface area contributed by atoms with Crippen molar-refractivity contribution in [3.63, 3.8) is 0 Å². The zero-order chi connectivity index (χ0) is 53.5. The number of β-amino-alcohol motifs (C(OH)–C–C–N with tert-alkyl or cyclic N) is 1. The summed E-state index contributed by atoms with van der Waals surface area (Å²) in [4.78, 5) is 69.5. The number of imidazole rings is 1. The molecule has 2 saturated carbocycles. The van der Waals surface area contributed by atoms with Crippen molar-refractivity contribution in [3.8, 4) is 16.2 Å². The van der Waals surface area contributed by atoms with Crippen LogP contribution in [0.3, 0.4) is 0 Å². The summed E-state index contributed by atoms with van der Waals surface area (Å²) in [6.45, 7) is 10.5. The first-order valence-electron chi connectivity index (χ1n) is 27.0. The molecule has 0 bridgehead atoms. The fourth-order valence-corrected chi connectivity index (χ4v) is 13.1. The van der Waals surface area contributed by atoms with Crippen LogP contribution in [0.2, 0.25) is 0 Å². The average Bonchev–Trinajstić information content (AvgIpc) is 3.85. The number of amides is 3. The molecule has 6 aromatic rings. The summed E-state index contributed by atoms with van der Waals surface area (Å²) in [6, 6.07) is 16.0. The summed E-state index contributed by atoms with van der Waals surface area (Å²) < 4.78 is 32.2. The summed E-state index contributed by atoms with van der Waals surface area (Å²) in [7, 11) is 0. The van der Waals surface area contributed by atoms with E-state index in [9.17, 15) is 33.8 Å². The van der Waals surface area contributed by atoms with E-state index >= 15 is 0 Å². The van der Waals surface area contributed by atoms with Gasteiger partial charge in [-0.05, 0) is 140 Å². The van der Waals surface area contributed by atoms with E-state index in [0.29, 0.717) is 35.3 Å². The number of aliphatic hydroxyl groups is 2. The second-order valence-electron chi connectivity index (χ2n) is 22.4. The van der Waals surface area contributed by atoms with Crippen molar-refractivity contribution in [1.29, 1.82) is 0 Å². The van der Waals surface area contributed by atoms with E-state index < -0.39 is 53.0 Å². The average molecular weight is 1130 g/mol. The number of nitrogens with one attached hydrogen (secondary N) is 2. The van der Waals surface area contributed by atoms with Gasteiger partial charge in [-0.3, -0.25) is 23.6 Å². The van der Waals surface area contributed by atoms with E-state index in [0.717, 1.165) is 114 Å². The number of rotatable bonds is 19. The van der Waals surface area contributed by atoms with Gasteiger partial charge in [-0.15, -0.1) is 11.3 Å². The Kier molecular flexibility index (Phi) is 16.1. The molecule has 10 rings (SSSR count). The van der Waals surface area contributed by atoms with Crippen LogP contribution in [-0.4, -0.2) is 133 Å². The highest BCUT2D eigenvalue weighted by molar-refractivity contribution is 9.10. The van der Waals surface area contributed by atoms with Crippen molar-refractivity contribution in [2.24, 2.45) is 5.41 Å². The summed E-state index contributed by atoms with van der Waals surface area (Å²) in [5.74, 6) is -0.161. The van der Waals surface area contributed by atoms with Gasteiger partial charge in [0.1, 0.15) is 24.4 Å². The third-order valence-corrected chi connectivity index (χ3v) is 17.7. The minimum Gasteiger partial charge on any atom is -0.491 e. The molecule has 4 N–H and O–H groups in total. The van der Waals surface area contributed by atoms with Crippen LogP contribution in [0, 0.1) is 12.3 Å². The molecule has 16 nitrogen and oxygen atoms in total. The van der Waals surface area contributed by atoms with Gasteiger partial charge in [-0.25, -0.2) is 9.37 Å². The number of aromatic nitrogens is 4. The fraction of sp³-hybridized carbons (Fsp3) is 0.544. The second kappa shape index (κ2) is 22.6. The predicted molar refractivity (Wildman–Crippen MR) is 294 cm³/mol. The Morgan fingerprint density at radius 3 is 2.41 bits per heavy atom. The van der Waals surface area contributed by atoms with Gasteiger partial charge in [-0.2, -0.15) is 4.98 Å². The van der Waals surface area contributed by atoms with E-state index in [1.54, 1.807) is 32.1 Å². The topological polar surface area (TPSA) is 193 Å². The van der Waals surface area contributed by atoms with Gasteiger partial charge in [0.05, 0.1) is 70.0 Å². The smallest absolute Gasteiger partial charge is 0.283 e. The Morgan fingerprint density at radius 1 is 0.974 bits per heavy atom. The van der Waals surface area contributed by atoms with Gasteiger partial charge in [0.2, 0.25) is 17.6 Å². The molecule has 4 aliphatic rings. The highest BCUT2D eigenvalue weighted by atomic mass is 79.9. The number of benzene rings is 3. The summed E-state index contributed by atoms with van der Waals surface area (Å²) >= 11 is 5.20. The highest BCUT2D eigenvalue weighted by Gasteiger charge is 2.53. The normalized spacial score (nSPS) is 20.2. The predicted octanol–water partition coefficient (Wildman–Crippen LogP) is 8.31. The zero-order valence-electron chi connectivity index (χ0n) is 43.9. The maximum absolute atomic E-state index is 14.9. The number of thiazole rings is 1. The number of nitrogens with zero attached hydrogens (tertiary/aromatic N) is 6. The van der Waals surface area contributed by atoms with Crippen LogP contribution >= 0.6 is 27.3 Å². The lowest BCUT2D eigenvalue weighted by Crippen LogP contribution is -2.59. The highest BCUT2D eigenvalue weighted by Crippen LogP contribution is 2.43. The molecule has 19 heteroatoms. The molecule has 76 heavy (non-hydrogen) atoms. The number of aliphatic hydroxyl groups excluding tert-OH is 2. The van der Waals surface area contributed by atoms with Crippen LogP contribution in [-0.2, 0) is 19.1 Å². The molecule has 0 radical (unpaired) electrons. The molecule has 0 spiro atoms. The molecular weight excluding hydrogens is 1060 g/mol. The molecule has 3 amide bonds. The lowest BCUT2D eigenvalue weighted by atomic mass is 9.85. The molecular formula is C57H70BrFN8O8S. The van der Waals surface area contributed by atoms with E-state index in [1.807, 2.05) is 54.9 Å². The number of carbonyl (C=O) groups excluding carboxylic acids is 3. The largest absolute Gasteiger partial charge is 0.491 e. The molecule has 3 aromatic heterocycles. The van der Waals surface area contributed by atoms with Crippen LogP contribution in [0.5, 0.6) is 5.75 Å². The van der Waals surface area contributed by atoms with Gasteiger partial charge in [0.25, 0.3) is 11.5 Å². The van der Waals surface area contributed by atoms with Gasteiger partial charge < -0.3 is 44.7 Å². The van der Waals surface area contributed by atoms with E-state index in [-0.39, 0.29) is 56.5 Å². The van der Waals surface area contributed by atoms with Crippen LogP contribution in [0.25, 0.3) is 38.2 Å². The molecule has 2 saturated heterocycles. The molecule has 4 fully saturated rings. The zero-order valence-corrected chi connectivity index (χ0v) is 46.3. The number of aryl methyl sites for hydroxylation is 1. The molecule has 406 valence electrons. The number of piperidine rings is 1. The Labute approximate surface area is 454 Å². The number of likely N-dealkylation sites (tertiary alicyclic amines) is 2. The molecule has 5 heterocycles. The van der Waals surface area contributed by atoms with Crippen LogP contribution in [0.4, 0.5) is 4.39 Å². The third-order valence-electron chi connectivity index (χ3n) is 16.1. The first-order valence-corrected chi connectivity index (χ1v) is 28.7. The molecule has 4 atom stereocenters. The van der Waals surface area contributed by atoms with Crippen molar-refractivity contribution in [2.45, 2.75) is 140 Å². The second-order valence-corrected chi connectivity index (χ2v) is 24.1. The Morgan fingerprint density at radius 2 is 1.72 bits per heavy atom. The third kappa shape index (κ3) is 11.2. The van der Waals surface area contributed by atoms with E-state index in [4.69, 9.17) is 14.5 Å². The van der Waals surface area contributed by atoms with Crippen molar-refractivity contribution in [2.75, 3.05) is 52.6 Å². The first kappa shape index (κ1) is 54.1. The minimum absolute atomic E-state index is 0.0341. The Hall–Kier alpha value is -5.31. The monoisotopic (exact) mass is 1120 g/mol. The maximum Gasteiger partial charge on any atom is 0.283 e. The van der Waals surface area contributed by atoms with E-state index in [2.05, 4.69) is 57.5 Å². The van der Waals surface area contributed by atoms with E-state index in [1.165, 1.54) is 4.90 Å². The number of ether oxygens (including phenoxy) is 2. The summed E-state index contributed by atoms with van der Waals surface area (Å²) in [5, 5.41) is 26.8. The quantitative estimate of drug-likeness (QED) is 0.0571. The number of carbonyl (C=O) groups is 3. The lowest BCUT2D eigenvalue weighted by molar-refractivity contribution is -0.145. The van der Waals surface area contributed by atoms with Crippen LogP contribution in [0.1, 0.15) is 126 Å². The van der Waals surface area contributed by atoms with Gasteiger partial charge in [0.15, 0.2) is 5.67 Å². The number of fused-ring (bicyclic) bond motifs is 5. The molecule has 0 unspecified atom stereocenters. The molecule has 2 aliphatic heterocycles. The number of hydrogen-bond acceptors (Lipinski definition) is 12. The number of alkyl halides is 1. The summed E-state index contributed by atoms with van der Waals surface area (Å²) in [5.41, 5.74) is 5.50. The Bertz CT molecular complexity index is 3160. The summed E-state index contributed by atoms with van der Waals surface area (Å²) in [6.07, 6.45) is 6.66. The minimum atomic E-state index is -1.98. The van der Waals surface area contributed by atoms with Crippen molar-refractivity contribution >= 4 is 72.7 Å². The van der Waals surface area contributed by atoms with Gasteiger partial charge >= 0.3 is 0 Å². The SMILES string of the molecule is Cc1ncsc1-c1ccc([C@H](CCCN2CCC(c3cc4c(cc3OCCOCCO)n3c5cccc(Br)c5c(=O)nc3n4C3CCCC3)CC2)NC(=O)[C@@H]2C[C@@H](O)CN2C(=O)[C@@H](NC(=O)C2(F)CC2)C(C)(C)C)cc1. The van der Waals surface area contributed by atoms with Crippen LogP contribution in [0.15, 0.2) is 69.4 Å². The van der Waals surface area contributed by atoms with Gasteiger partial charge in [-0.1, -0.05) is 63.9 Å². The standard InChI is InChI=1S/C57H70BrFN8O8S/c1-34-49(76-33-60-34)37-16-14-36(15-17-37)42(61-51(70)46-29-39(69)32-65(46)53(72)50(56(2,3)4)62-54(73)57(59)20-21-57)12-8-22-64-23-18-35(19-24-64)40-30-44-45(31-47(40)75-28-27-74-26-25-68)67-43-13-7-11-41(58)48(43)52(71)63-55(67)66(44)38-9-5-6-10-38/h7,11,13-17,30-31,33,35,38-39,42,46,50,68-69H,5-6,8-10,12,18-29,32H2,1-4H3,(H,61,70)(H,62,73)/t39-,42+,46+,50-/m1/s1. The number of hydrogen-bond donors (Lipinski definition) is 4. The van der Waals surface area contributed by atoms with Crippen molar-refractivity contribution < 1.29 is 38.5 Å². The maximum atomic E-state index is 14.9. The lowest BCUT2D eigenvalue weighted by Gasteiger charge is -2.36. The molecule has 3 aromatic carbocycles. The number of halogens is 2. The molecule has 2 aliphatic carbocycles. The first-order chi connectivity index (χ1) is 36.5. The van der Waals surface area contributed by atoms with Crippen molar-refractivity contribution in [3.05, 3.63) is 91.8 Å². The van der Waals surface area contributed by atoms with Crippen molar-refractivity contribution in [1.82, 2.24) is 39.4 Å². The fourth-order valence-electron chi connectivity index (χ4n) is 11.8. The Balaban J connectivity index is 0.875. The van der Waals surface area contributed by atoms with Gasteiger partial charge in [0, 0.05) is 29.5 Å². The van der Waals surface area contributed by atoms with Crippen LogP contribution < -0.4 is 20.9 Å².